The molecule has 0 bridgehead atoms. The van der Waals surface area contributed by atoms with Crippen molar-refractivity contribution in [1.29, 1.82) is 0 Å². The zero-order valence-electron chi connectivity index (χ0n) is 11.8. The van der Waals surface area contributed by atoms with Crippen LogP contribution >= 0.6 is 15.9 Å². The quantitative estimate of drug-likeness (QED) is 0.617. The first-order valence-electron chi connectivity index (χ1n) is 6.15. The predicted octanol–water partition coefficient (Wildman–Crippen LogP) is 3.89. The molecule has 0 spiro atoms. The van der Waals surface area contributed by atoms with E-state index in [1.807, 2.05) is 37.2 Å². The van der Waals surface area contributed by atoms with Gasteiger partial charge in [-0.1, -0.05) is 17.3 Å². The second-order valence-corrected chi connectivity index (χ2v) is 5.53. The lowest BCUT2D eigenvalue weighted by molar-refractivity contribution is -0.386. The average molecular weight is 352 g/mol. The molecule has 1 aromatic heterocycles. The average Bonchev–Trinajstić information content (AvgIpc) is 2.77. The molecule has 1 aromatic carbocycles. The summed E-state index contributed by atoms with van der Waals surface area (Å²) in [5.74, 6) is 0.144. The molecule has 0 aliphatic carbocycles. The maximum Gasteiger partial charge on any atom is 0.338 e. The number of nitrogens with zero attached hydrogens (tertiary/aromatic N) is 3. The van der Waals surface area contributed by atoms with Crippen LogP contribution in [0.3, 0.4) is 0 Å². The van der Waals surface area contributed by atoms with Crippen LogP contribution in [0.2, 0.25) is 0 Å². The lowest BCUT2D eigenvalue weighted by atomic mass is 10.1. The Morgan fingerprint density at radius 1 is 1.38 bits per heavy atom. The summed E-state index contributed by atoms with van der Waals surface area (Å²) in [4.78, 5) is 12.4. The monoisotopic (exact) mass is 351 g/mol. The summed E-state index contributed by atoms with van der Waals surface area (Å²) in [6, 6.07) is 5.82. The van der Waals surface area contributed by atoms with Gasteiger partial charge in [-0.2, -0.15) is 0 Å². The summed E-state index contributed by atoms with van der Waals surface area (Å²) >= 11 is 3.50. The fourth-order valence-corrected chi connectivity index (χ4v) is 2.63. The lowest BCUT2D eigenvalue weighted by Gasteiger charge is -2.14. The van der Waals surface area contributed by atoms with Crippen molar-refractivity contribution in [1.82, 2.24) is 5.16 Å². The molecule has 6 nitrogen and oxygen atoms in total. The Kier molecular flexibility index (Phi) is 4.42. The van der Waals surface area contributed by atoms with Crippen LogP contribution in [0.25, 0.3) is 12.2 Å². The number of halogens is 1. The van der Waals surface area contributed by atoms with Gasteiger partial charge in [-0.25, -0.2) is 0 Å². The molecule has 0 amide bonds. The van der Waals surface area contributed by atoms with Crippen LogP contribution in [0.5, 0.6) is 0 Å². The Bertz CT molecular complexity index is 707. The van der Waals surface area contributed by atoms with Gasteiger partial charge in [0.15, 0.2) is 5.69 Å². The van der Waals surface area contributed by atoms with Crippen LogP contribution in [-0.2, 0) is 0 Å². The second kappa shape index (κ2) is 6.09. The number of hydrogen-bond acceptors (Lipinski definition) is 5. The van der Waals surface area contributed by atoms with E-state index in [-0.39, 0.29) is 17.1 Å². The Morgan fingerprint density at radius 2 is 2.10 bits per heavy atom. The highest BCUT2D eigenvalue weighted by atomic mass is 79.9. The molecule has 0 unspecified atom stereocenters. The molecule has 0 saturated carbocycles. The van der Waals surface area contributed by atoms with Crippen LogP contribution in [0, 0.1) is 17.0 Å². The van der Waals surface area contributed by atoms with E-state index in [4.69, 9.17) is 4.52 Å². The molecule has 0 aliphatic rings. The molecule has 0 radical (unpaired) electrons. The summed E-state index contributed by atoms with van der Waals surface area (Å²) in [7, 11) is 3.91. The van der Waals surface area contributed by atoms with E-state index in [9.17, 15) is 10.1 Å². The van der Waals surface area contributed by atoms with Crippen molar-refractivity contribution in [2.75, 3.05) is 19.0 Å². The summed E-state index contributed by atoms with van der Waals surface area (Å²) < 4.78 is 5.91. The molecule has 7 heteroatoms. The number of benzene rings is 1. The minimum atomic E-state index is -0.490. The first-order chi connectivity index (χ1) is 9.90. The van der Waals surface area contributed by atoms with E-state index in [0.717, 1.165) is 15.7 Å². The minimum Gasteiger partial charge on any atom is -0.377 e. The number of nitro groups is 1. The number of anilines is 1. The topological polar surface area (TPSA) is 72.4 Å². The van der Waals surface area contributed by atoms with Gasteiger partial charge in [0.1, 0.15) is 0 Å². The van der Waals surface area contributed by atoms with Crippen LogP contribution in [0.4, 0.5) is 11.4 Å². The Labute approximate surface area is 130 Å². The lowest BCUT2D eigenvalue weighted by Crippen LogP contribution is -2.09. The molecule has 2 rings (SSSR count). The molecular weight excluding hydrogens is 338 g/mol. The molecule has 110 valence electrons. The number of aromatic nitrogens is 1. The Balaban J connectivity index is 2.30. The molecule has 0 N–H and O–H groups in total. The zero-order chi connectivity index (χ0) is 15.6. The molecule has 0 atom stereocenters. The number of hydrogen-bond donors (Lipinski definition) is 0. The van der Waals surface area contributed by atoms with Gasteiger partial charge in [-0.05, 0) is 46.6 Å². The largest absolute Gasteiger partial charge is 0.377 e. The molecule has 1 heterocycles. The molecule has 2 aromatic rings. The molecule has 0 saturated heterocycles. The van der Waals surface area contributed by atoms with Gasteiger partial charge < -0.3 is 9.42 Å². The second-order valence-electron chi connectivity index (χ2n) is 4.68. The maximum atomic E-state index is 10.9. The van der Waals surface area contributed by atoms with Crippen LogP contribution in [0.15, 0.2) is 27.2 Å². The number of rotatable bonds is 4. The van der Waals surface area contributed by atoms with Gasteiger partial charge in [-0.3, -0.25) is 10.1 Å². The van der Waals surface area contributed by atoms with Crippen molar-refractivity contribution >= 4 is 39.5 Å². The van der Waals surface area contributed by atoms with E-state index in [1.54, 1.807) is 19.1 Å². The molecule has 21 heavy (non-hydrogen) atoms. The standard InChI is InChI=1S/C14H14BrN3O3/c1-9-14(18(19)20)13(21-16-9)7-5-10-4-6-12(17(2)3)11(15)8-10/h4-8H,1-3H3. The van der Waals surface area contributed by atoms with E-state index in [1.165, 1.54) is 0 Å². The molecule has 0 fully saturated rings. The summed E-state index contributed by atoms with van der Waals surface area (Å²) in [6.45, 7) is 1.54. The van der Waals surface area contributed by atoms with Crippen LogP contribution < -0.4 is 4.90 Å². The highest BCUT2D eigenvalue weighted by molar-refractivity contribution is 9.10. The summed E-state index contributed by atoms with van der Waals surface area (Å²) in [6.07, 6.45) is 3.30. The van der Waals surface area contributed by atoms with Gasteiger partial charge in [0, 0.05) is 18.6 Å². The number of aryl methyl sites for hydroxylation is 1. The van der Waals surface area contributed by atoms with E-state index in [2.05, 4.69) is 21.1 Å². The Morgan fingerprint density at radius 3 is 2.67 bits per heavy atom. The summed E-state index contributed by atoms with van der Waals surface area (Å²) in [5.41, 5.74) is 2.11. The van der Waals surface area contributed by atoms with Crippen molar-refractivity contribution < 1.29 is 9.45 Å². The van der Waals surface area contributed by atoms with Gasteiger partial charge in [-0.15, -0.1) is 0 Å². The third-order valence-corrected chi connectivity index (χ3v) is 3.56. The predicted molar refractivity (Wildman–Crippen MR) is 85.3 cm³/mol. The summed E-state index contributed by atoms with van der Waals surface area (Å²) in [5, 5.41) is 14.6. The van der Waals surface area contributed by atoms with Gasteiger partial charge in [0.2, 0.25) is 5.76 Å². The first kappa shape index (κ1) is 15.2. The van der Waals surface area contributed by atoms with Crippen LogP contribution in [-0.4, -0.2) is 24.2 Å². The Hall–Kier alpha value is -2.15. The fourth-order valence-electron chi connectivity index (χ4n) is 1.88. The fraction of sp³-hybridized carbons (Fsp3) is 0.214. The first-order valence-corrected chi connectivity index (χ1v) is 6.95. The highest BCUT2D eigenvalue weighted by Gasteiger charge is 2.21. The van der Waals surface area contributed by atoms with Crippen molar-refractivity contribution in [2.24, 2.45) is 0 Å². The van der Waals surface area contributed by atoms with Gasteiger partial charge >= 0.3 is 5.69 Å². The molecular formula is C14H14BrN3O3. The van der Waals surface area contributed by atoms with Gasteiger partial charge in [0.05, 0.1) is 10.6 Å². The highest BCUT2D eigenvalue weighted by Crippen LogP contribution is 2.28. The van der Waals surface area contributed by atoms with Crippen molar-refractivity contribution in [3.63, 3.8) is 0 Å². The third kappa shape index (κ3) is 3.30. The van der Waals surface area contributed by atoms with E-state index < -0.39 is 4.92 Å². The zero-order valence-corrected chi connectivity index (χ0v) is 13.4. The van der Waals surface area contributed by atoms with Crippen LogP contribution in [0.1, 0.15) is 17.0 Å². The minimum absolute atomic E-state index is 0.102. The van der Waals surface area contributed by atoms with Crippen molar-refractivity contribution in [3.05, 3.63) is 49.8 Å². The maximum absolute atomic E-state index is 10.9. The van der Waals surface area contributed by atoms with Gasteiger partial charge in [0.25, 0.3) is 0 Å². The smallest absolute Gasteiger partial charge is 0.338 e. The van der Waals surface area contributed by atoms with Crippen molar-refractivity contribution in [2.45, 2.75) is 6.92 Å². The molecule has 0 aliphatic heterocycles. The van der Waals surface area contributed by atoms with E-state index >= 15 is 0 Å². The normalized spacial score (nSPS) is 11.0. The third-order valence-electron chi connectivity index (χ3n) is 2.92. The van der Waals surface area contributed by atoms with E-state index in [0.29, 0.717) is 0 Å². The SMILES string of the molecule is Cc1noc(C=Cc2ccc(N(C)C)c(Br)c2)c1[N+](=O)[O-]. The van der Waals surface area contributed by atoms with Crippen molar-refractivity contribution in [3.8, 4) is 0 Å².